The second-order valence-electron chi connectivity index (χ2n) is 5.01. The zero-order valence-corrected chi connectivity index (χ0v) is 12.9. The number of anilines is 2. The molecule has 0 saturated heterocycles. The van der Waals surface area contributed by atoms with Crippen molar-refractivity contribution in [3.8, 4) is 0 Å². The maximum Gasteiger partial charge on any atom is 0.345 e. The molecule has 0 aliphatic carbocycles. The lowest BCUT2D eigenvalue weighted by atomic mass is 10.2. The van der Waals surface area contributed by atoms with Gasteiger partial charge in [0.15, 0.2) is 5.57 Å². The summed E-state index contributed by atoms with van der Waals surface area (Å²) >= 11 is 0. The molecule has 2 amide bonds. The monoisotopic (exact) mass is 322 g/mol. The lowest BCUT2D eigenvalue weighted by molar-refractivity contribution is -0.137. The number of nitrogens with one attached hydrogen (secondary N) is 1. The zero-order chi connectivity index (χ0) is 17.1. The molecule has 0 saturated carbocycles. The number of para-hydroxylation sites is 2. The molecule has 120 valence electrons. The van der Waals surface area contributed by atoms with Crippen molar-refractivity contribution in [2.75, 3.05) is 17.3 Å². The fourth-order valence-electron chi connectivity index (χ4n) is 2.41. The minimum Gasteiger partial charge on any atom is -0.465 e. The van der Waals surface area contributed by atoms with Gasteiger partial charge in [-0.25, -0.2) is 9.69 Å². The molecular formula is C18H14N2O4. The first-order valence-electron chi connectivity index (χ1n) is 7.22. The van der Waals surface area contributed by atoms with Crippen LogP contribution in [-0.2, 0) is 19.1 Å². The van der Waals surface area contributed by atoms with Crippen molar-refractivity contribution in [1.29, 1.82) is 0 Å². The van der Waals surface area contributed by atoms with Gasteiger partial charge in [0, 0.05) is 5.69 Å². The molecule has 0 fully saturated rings. The average molecular weight is 322 g/mol. The minimum absolute atomic E-state index is 0.0955. The van der Waals surface area contributed by atoms with Crippen LogP contribution in [0, 0.1) is 0 Å². The Morgan fingerprint density at radius 2 is 1.50 bits per heavy atom. The Morgan fingerprint density at radius 3 is 2.08 bits per heavy atom. The van der Waals surface area contributed by atoms with Gasteiger partial charge in [-0.15, -0.1) is 0 Å². The minimum atomic E-state index is -0.856. The molecule has 0 radical (unpaired) electrons. The summed E-state index contributed by atoms with van der Waals surface area (Å²) in [5.41, 5.74) is 0.570. The molecule has 1 N–H and O–H groups in total. The zero-order valence-electron chi connectivity index (χ0n) is 12.9. The van der Waals surface area contributed by atoms with Crippen molar-refractivity contribution in [2.24, 2.45) is 0 Å². The van der Waals surface area contributed by atoms with Gasteiger partial charge in [0.2, 0.25) is 0 Å². The van der Waals surface area contributed by atoms with Gasteiger partial charge in [-0.3, -0.25) is 9.59 Å². The van der Waals surface area contributed by atoms with Crippen molar-refractivity contribution < 1.29 is 19.1 Å². The summed E-state index contributed by atoms with van der Waals surface area (Å²) in [5, 5.41) is 2.85. The molecule has 2 aromatic carbocycles. The molecular weight excluding hydrogens is 308 g/mol. The molecule has 6 heteroatoms. The summed E-state index contributed by atoms with van der Waals surface area (Å²) in [7, 11) is 1.17. The first kappa shape index (κ1) is 15.5. The quantitative estimate of drug-likeness (QED) is 0.530. The third kappa shape index (κ3) is 2.65. The number of carbonyl (C=O) groups excluding carboxylic acids is 3. The predicted octanol–water partition coefficient (Wildman–Crippen LogP) is 2.10. The maximum absolute atomic E-state index is 12.7. The number of benzene rings is 2. The van der Waals surface area contributed by atoms with E-state index in [1.807, 2.05) is 6.07 Å². The molecule has 0 aromatic heterocycles. The number of imide groups is 1. The highest BCUT2D eigenvalue weighted by molar-refractivity contribution is 6.41. The Hall–Kier alpha value is -3.41. The Balaban J connectivity index is 2.04. The highest BCUT2D eigenvalue weighted by Crippen LogP contribution is 2.28. The summed E-state index contributed by atoms with van der Waals surface area (Å²) in [6, 6.07) is 17.2. The topological polar surface area (TPSA) is 75.7 Å². The van der Waals surface area contributed by atoms with E-state index in [-0.39, 0.29) is 11.3 Å². The van der Waals surface area contributed by atoms with E-state index >= 15 is 0 Å². The van der Waals surface area contributed by atoms with Crippen LogP contribution in [0.3, 0.4) is 0 Å². The first-order valence-corrected chi connectivity index (χ1v) is 7.22. The molecule has 6 nitrogen and oxygen atoms in total. The van der Waals surface area contributed by atoms with Gasteiger partial charge in [-0.05, 0) is 24.3 Å². The molecule has 1 heterocycles. The number of amides is 2. The van der Waals surface area contributed by atoms with Crippen molar-refractivity contribution in [2.45, 2.75) is 0 Å². The van der Waals surface area contributed by atoms with Crippen LogP contribution in [0.4, 0.5) is 11.4 Å². The van der Waals surface area contributed by atoms with E-state index in [0.29, 0.717) is 11.4 Å². The summed E-state index contributed by atoms with van der Waals surface area (Å²) in [4.78, 5) is 38.3. The Kier molecular flexibility index (Phi) is 4.11. The molecule has 0 atom stereocenters. The van der Waals surface area contributed by atoms with E-state index in [4.69, 9.17) is 0 Å². The first-order chi connectivity index (χ1) is 11.6. The third-order valence-corrected chi connectivity index (χ3v) is 3.53. The molecule has 0 unspecified atom stereocenters. The van der Waals surface area contributed by atoms with E-state index in [0.717, 1.165) is 4.90 Å². The number of hydrogen-bond acceptors (Lipinski definition) is 5. The highest BCUT2D eigenvalue weighted by atomic mass is 16.5. The SMILES string of the molecule is COC(=O)C1=C(Nc2ccccc2)C(=O)N(c2ccccc2)C1=O. The largest absolute Gasteiger partial charge is 0.465 e. The standard InChI is InChI=1S/C18H14N2O4/c1-24-18(23)14-15(19-12-8-4-2-5-9-12)17(22)20(16(14)21)13-10-6-3-7-11-13/h2-11,19H,1H3. The molecule has 0 bridgehead atoms. The van der Waals surface area contributed by atoms with Gasteiger partial charge in [-0.2, -0.15) is 0 Å². The number of ether oxygens (including phenoxy) is 1. The number of rotatable bonds is 4. The smallest absolute Gasteiger partial charge is 0.345 e. The molecule has 3 rings (SSSR count). The fourth-order valence-corrected chi connectivity index (χ4v) is 2.41. The van der Waals surface area contributed by atoms with Crippen LogP contribution in [-0.4, -0.2) is 24.9 Å². The van der Waals surface area contributed by atoms with Crippen LogP contribution in [0.15, 0.2) is 71.9 Å². The number of nitrogens with zero attached hydrogens (tertiary/aromatic N) is 1. The van der Waals surface area contributed by atoms with Gasteiger partial charge in [-0.1, -0.05) is 36.4 Å². The molecule has 1 aliphatic heterocycles. The number of methoxy groups -OCH3 is 1. The molecule has 0 spiro atoms. The maximum atomic E-state index is 12.7. The summed E-state index contributed by atoms with van der Waals surface area (Å²) in [6.07, 6.45) is 0. The summed E-state index contributed by atoms with van der Waals surface area (Å²) < 4.78 is 4.67. The van der Waals surface area contributed by atoms with E-state index in [9.17, 15) is 14.4 Å². The van der Waals surface area contributed by atoms with E-state index < -0.39 is 17.8 Å². The normalized spacial score (nSPS) is 14.1. The van der Waals surface area contributed by atoms with Gasteiger partial charge >= 0.3 is 5.97 Å². The van der Waals surface area contributed by atoms with Gasteiger partial charge in [0.1, 0.15) is 5.70 Å². The Morgan fingerprint density at radius 1 is 0.917 bits per heavy atom. The van der Waals surface area contributed by atoms with Crippen molar-refractivity contribution in [3.63, 3.8) is 0 Å². The third-order valence-electron chi connectivity index (χ3n) is 3.53. The van der Waals surface area contributed by atoms with Crippen molar-refractivity contribution in [3.05, 3.63) is 71.9 Å². The van der Waals surface area contributed by atoms with Crippen molar-refractivity contribution in [1.82, 2.24) is 0 Å². The second-order valence-corrected chi connectivity index (χ2v) is 5.01. The van der Waals surface area contributed by atoms with E-state index in [1.165, 1.54) is 7.11 Å². The summed E-state index contributed by atoms with van der Waals surface area (Å²) in [6.45, 7) is 0. The predicted molar refractivity (Wildman–Crippen MR) is 88.0 cm³/mol. The lowest BCUT2D eigenvalue weighted by Gasteiger charge is -2.14. The van der Waals surface area contributed by atoms with E-state index in [2.05, 4.69) is 10.1 Å². The Bertz CT molecular complexity index is 829. The Labute approximate surface area is 138 Å². The lowest BCUT2D eigenvalue weighted by Crippen LogP contribution is -2.33. The fraction of sp³-hybridized carbons (Fsp3) is 0.0556. The average Bonchev–Trinajstić information content (AvgIpc) is 2.86. The van der Waals surface area contributed by atoms with E-state index in [1.54, 1.807) is 54.6 Å². The molecule has 1 aliphatic rings. The number of esters is 1. The van der Waals surface area contributed by atoms with Gasteiger partial charge in [0.25, 0.3) is 11.8 Å². The van der Waals surface area contributed by atoms with Crippen LogP contribution >= 0.6 is 0 Å². The van der Waals surface area contributed by atoms with Gasteiger partial charge < -0.3 is 10.1 Å². The number of carbonyl (C=O) groups is 3. The molecule has 2 aromatic rings. The van der Waals surface area contributed by atoms with Crippen LogP contribution < -0.4 is 10.2 Å². The van der Waals surface area contributed by atoms with Crippen LogP contribution in [0.25, 0.3) is 0 Å². The van der Waals surface area contributed by atoms with Crippen LogP contribution in [0.5, 0.6) is 0 Å². The number of hydrogen-bond donors (Lipinski definition) is 1. The summed E-state index contributed by atoms with van der Waals surface area (Å²) in [5.74, 6) is -2.17. The molecule has 24 heavy (non-hydrogen) atoms. The van der Waals surface area contributed by atoms with Crippen molar-refractivity contribution >= 4 is 29.2 Å². The van der Waals surface area contributed by atoms with Crippen LogP contribution in [0.1, 0.15) is 0 Å². The second kappa shape index (κ2) is 6.37. The highest BCUT2D eigenvalue weighted by Gasteiger charge is 2.43. The van der Waals surface area contributed by atoms with Gasteiger partial charge in [0.05, 0.1) is 12.8 Å². The van der Waals surface area contributed by atoms with Crippen LogP contribution in [0.2, 0.25) is 0 Å².